The Kier molecular flexibility index (Phi) is 2.98. The molecular weight excluding hydrogens is 218 g/mol. The van der Waals surface area contributed by atoms with Crippen LogP contribution in [0.4, 0.5) is 0 Å². The first-order chi connectivity index (χ1) is 5.61. The van der Waals surface area contributed by atoms with Gasteiger partial charge in [0.2, 0.25) is 0 Å². The highest BCUT2D eigenvalue weighted by atomic mass is 79.9. The van der Waals surface area contributed by atoms with Crippen LogP contribution in [0.3, 0.4) is 0 Å². The van der Waals surface area contributed by atoms with E-state index >= 15 is 0 Å². The molecule has 0 unspecified atom stereocenters. The summed E-state index contributed by atoms with van der Waals surface area (Å²) in [4.78, 5) is 14.8. The maximum atomic E-state index is 10.8. The zero-order valence-corrected chi connectivity index (χ0v) is 8.68. The Morgan fingerprint density at radius 1 is 1.58 bits per heavy atom. The molecule has 0 aliphatic carbocycles. The van der Waals surface area contributed by atoms with Gasteiger partial charge in [-0.15, -0.1) is 0 Å². The zero-order chi connectivity index (χ0) is 9.14. The second-order valence-electron chi connectivity index (χ2n) is 2.78. The summed E-state index contributed by atoms with van der Waals surface area (Å²) in [5, 5.41) is 0. The van der Waals surface area contributed by atoms with Gasteiger partial charge in [0.1, 0.15) is 5.78 Å². The monoisotopic (exact) mass is 227 g/mol. The van der Waals surface area contributed by atoms with E-state index in [1.165, 1.54) is 0 Å². The Bertz CT molecular complexity index is 309. The number of aromatic nitrogens is 1. The molecule has 0 amide bonds. The molecule has 1 aromatic rings. The molecule has 1 heterocycles. The van der Waals surface area contributed by atoms with Crippen LogP contribution in [0, 0.1) is 6.92 Å². The molecule has 64 valence electrons. The quantitative estimate of drug-likeness (QED) is 0.777. The number of rotatable bonds is 2. The maximum absolute atomic E-state index is 10.8. The van der Waals surface area contributed by atoms with Crippen molar-refractivity contribution in [3.8, 4) is 0 Å². The van der Waals surface area contributed by atoms with Crippen LogP contribution in [0.25, 0.3) is 0 Å². The molecule has 0 saturated carbocycles. The fourth-order valence-electron chi connectivity index (χ4n) is 0.986. The highest BCUT2D eigenvalue weighted by Crippen LogP contribution is 2.18. The van der Waals surface area contributed by atoms with Crippen LogP contribution in [-0.2, 0) is 11.2 Å². The number of carbonyl (C=O) groups excluding carboxylic acids is 1. The van der Waals surface area contributed by atoms with Gasteiger partial charge in [-0.3, -0.25) is 9.78 Å². The topological polar surface area (TPSA) is 30.0 Å². The second kappa shape index (κ2) is 3.81. The summed E-state index contributed by atoms with van der Waals surface area (Å²) in [7, 11) is 0. The summed E-state index contributed by atoms with van der Waals surface area (Å²) in [5.74, 6) is 0.165. The number of hydrogen-bond acceptors (Lipinski definition) is 2. The Balaban J connectivity index is 3.00. The molecule has 0 bridgehead atoms. The minimum Gasteiger partial charge on any atom is -0.300 e. The van der Waals surface area contributed by atoms with Crippen LogP contribution in [0.5, 0.6) is 0 Å². The van der Waals surface area contributed by atoms with Crippen LogP contribution in [0.2, 0.25) is 0 Å². The molecule has 0 aromatic carbocycles. The third kappa shape index (κ3) is 2.14. The molecule has 0 radical (unpaired) electrons. The molecule has 0 saturated heterocycles. The van der Waals surface area contributed by atoms with Gasteiger partial charge < -0.3 is 0 Å². The van der Waals surface area contributed by atoms with Gasteiger partial charge in [0.25, 0.3) is 0 Å². The third-order valence-corrected chi connectivity index (χ3v) is 2.50. The van der Waals surface area contributed by atoms with Crippen molar-refractivity contribution in [1.82, 2.24) is 4.98 Å². The van der Waals surface area contributed by atoms with Crippen molar-refractivity contribution in [1.29, 1.82) is 0 Å². The number of ketones is 1. The highest BCUT2D eigenvalue weighted by Gasteiger charge is 2.04. The summed E-state index contributed by atoms with van der Waals surface area (Å²) in [6.45, 7) is 3.56. The van der Waals surface area contributed by atoms with E-state index in [0.29, 0.717) is 6.42 Å². The predicted molar refractivity (Wildman–Crippen MR) is 51.1 cm³/mol. The zero-order valence-electron chi connectivity index (χ0n) is 7.10. The summed E-state index contributed by atoms with van der Waals surface area (Å²) >= 11 is 3.36. The highest BCUT2D eigenvalue weighted by molar-refractivity contribution is 9.10. The molecule has 0 aliphatic rings. The average molecular weight is 228 g/mol. The first-order valence-electron chi connectivity index (χ1n) is 3.69. The summed E-state index contributed by atoms with van der Waals surface area (Å²) in [5.41, 5.74) is 2.09. The van der Waals surface area contributed by atoms with Gasteiger partial charge in [0.05, 0.1) is 0 Å². The number of pyridine rings is 1. The molecule has 0 spiro atoms. The van der Waals surface area contributed by atoms with Gasteiger partial charge in [0.15, 0.2) is 0 Å². The lowest BCUT2D eigenvalue weighted by Crippen LogP contribution is -1.99. The largest absolute Gasteiger partial charge is 0.300 e. The first kappa shape index (κ1) is 9.39. The van der Waals surface area contributed by atoms with Crippen molar-refractivity contribution >= 4 is 21.7 Å². The SMILES string of the molecule is CC(=O)Cc1cncc(Br)c1C. The Morgan fingerprint density at radius 3 is 2.83 bits per heavy atom. The lowest BCUT2D eigenvalue weighted by molar-refractivity contribution is -0.116. The van der Waals surface area contributed by atoms with Gasteiger partial charge in [-0.05, 0) is 40.9 Å². The molecule has 1 aromatic heterocycles. The van der Waals surface area contributed by atoms with Gasteiger partial charge in [-0.25, -0.2) is 0 Å². The summed E-state index contributed by atoms with van der Waals surface area (Å²) in [6, 6.07) is 0. The van der Waals surface area contributed by atoms with Crippen molar-refractivity contribution in [2.45, 2.75) is 20.3 Å². The summed E-state index contributed by atoms with van der Waals surface area (Å²) < 4.78 is 0.959. The fourth-order valence-corrected chi connectivity index (χ4v) is 1.36. The van der Waals surface area contributed by atoms with Crippen molar-refractivity contribution in [3.05, 3.63) is 28.0 Å². The third-order valence-electron chi connectivity index (χ3n) is 1.70. The van der Waals surface area contributed by atoms with E-state index in [0.717, 1.165) is 15.6 Å². The molecule has 12 heavy (non-hydrogen) atoms. The molecular formula is C9H10BrNO. The number of Topliss-reactive ketones (excluding diaryl/α,β-unsaturated/α-hetero) is 1. The van der Waals surface area contributed by atoms with Crippen molar-refractivity contribution in [2.24, 2.45) is 0 Å². The van der Waals surface area contributed by atoms with Crippen LogP contribution in [-0.4, -0.2) is 10.8 Å². The Morgan fingerprint density at radius 2 is 2.25 bits per heavy atom. The van der Waals surface area contributed by atoms with Gasteiger partial charge in [0, 0.05) is 23.3 Å². The summed E-state index contributed by atoms with van der Waals surface area (Å²) in [6.07, 6.45) is 3.94. The minimum absolute atomic E-state index is 0.165. The minimum atomic E-state index is 0.165. The molecule has 0 aliphatic heterocycles. The fraction of sp³-hybridized carbons (Fsp3) is 0.333. The van der Waals surface area contributed by atoms with Crippen molar-refractivity contribution in [2.75, 3.05) is 0 Å². The first-order valence-corrected chi connectivity index (χ1v) is 4.49. The standard InChI is InChI=1S/C9H10BrNO/c1-6(12)3-8-4-11-5-9(10)7(8)2/h4-5H,3H2,1-2H3. The van der Waals surface area contributed by atoms with E-state index in [1.54, 1.807) is 19.3 Å². The molecule has 3 heteroatoms. The van der Waals surface area contributed by atoms with Crippen LogP contribution in [0.1, 0.15) is 18.1 Å². The second-order valence-corrected chi connectivity index (χ2v) is 3.64. The number of hydrogen-bond donors (Lipinski definition) is 0. The molecule has 0 fully saturated rings. The van der Waals surface area contributed by atoms with Crippen LogP contribution < -0.4 is 0 Å². The van der Waals surface area contributed by atoms with Gasteiger partial charge in [-0.1, -0.05) is 0 Å². The molecule has 1 rings (SSSR count). The Hall–Kier alpha value is -0.700. The van der Waals surface area contributed by atoms with Gasteiger partial charge >= 0.3 is 0 Å². The number of halogens is 1. The van der Waals surface area contributed by atoms with Crippen molar-refractivity contribution in [3.63, 3.8) is 0 Å². The Labute approximate surface area is 80.1 Å². The molecule has 2 nitrogen and oxygen atoms in total. The normalized spacial score (nSPS) is 9.92. The van der Waals surface area contributed by atoms with E-state index in [-0.39, 0.29) is 5.78 Å². The smallest absolute Gasteiger partial charge is 0.134 e. The lowest BCUT2D eigenvalue weighted by Gasteiger charge is -2.03. The van der Waals surface area contributed by atoms with Crippen LogP contribution >= 0.6 is 15.9 Å². The van der Waals surface area contributed by atoms with E-state index in [2.05, 4.69) is 20.9 Å². The van der Waals surface area contributed by atoms with E-state index in [4.69, 9.17) is 0 Å². The van der Waals surface area contributed by atoms with Gasteiger partial charge in [-0.2, -0.15) is 0 Å². The predicted octanol–water partition coefficient (Wildman–Crippen LogP) is 2.28. The van der Waals surface area contributed by atoms with E-state index in [9.17, 15) is 4.79 Å². The number of carbonyl (C=O) groups is 1. The number of nitrogens with zero attached hydrogens (tertiary/aromatic N) is 1. The maximum Gasteiger partial charge on any atom is 0.134 e. The van der Waals surface area contributed by atoms with E-state index in [1.807, 2.05) is 6.92 Å². The lowest BCUT2D eigenvalue weighted by atomic mass is 10.1. The molecule has 0 N–H and O–H groups in total. The van der Waals surface area contributed by atoms with E-state index < -0.39 is 0 Å². The average Bonchev–Trinajstić information content (AvgIpc) is 1.98. The van der Waals surface area contributed by atoms with Crippen LogP contribution in [0.15, 0.2) is 16.9 Å². The molecule has 0 atom stereocenters. The van der Waals surface area contributed by atoms with Crippen molar-refractivity contribution < 1.29 is 4.79 Å².